The Morgan fingerprint density at radius 2 is 1.69 bits per heavy atom. The van der Waals surface area contributed by atoms with Crippen LogP contribution in [0.1, 0.15) is 36.1 Å². The van der Waals surface area contributed by atoms with E-state index in [-0.39, 0.29) is 11.3 Å². The minimum absolute atomic E-state index is 0.0592. The first-order valence-electron chi connectivity index (χ1n) is 11.7. The molecule has 0 bridgehead atoms. The van der Waals surface area contributed by atoms with Crippen molar-refractivity contribution in [1.82, 2.24) is 4.90 Å². The van der Waals surface area contributed by atoms with Gasteiger partial charge in [0.05, 0.1) is 25.3 Å². The van der Waals surface area contributed by atoms with E-state index in [0.29, 0.717) is 42.2 Å². The van der Waals surface area contributed by atoms with Crippen LogP contribution in [0.4, 0.5) is 0 Å². The molecule has 0 radical (unpaired) electrons. The molecule has 0 aromatic heterocycles. The molecule has 1 fully saturated rings. The number of ether oxygens (including phenoxy) is 2. The first kappa shape index (κ1) is 24.1. The molecule has 35 heavy (non-hydrogen) atoms. The monoisotopic (exact) mass is 471 g/mol. The lowest BCUT2D eigenvalue weighted by atomic mass is 9.95. The van der Waals surface area contributed by atoms with Crippen LogP contribution in [-0.4, -0.2) is 42.0 Å². The van der Waals surface area contributed by atoms with E-state index in [0.717, 1.165) is 12.0 Å². The van der Waals surface area contributed by atoms with Gasteiger partial charge in [0.2, 0.25) is 0 Å². The predicted octanol–water partition coefficient (Wildman–Crippen LogP) is 5.15. The second-order valence-corrected chi connectivity index (χ2v) is 8.38. The van der Waals surface area contributed by atoms with Gasteiger partial charge in [-0.1, -0.05) is 61.5 Å². The largest absolute Gasteiger partial charge is 0.507 e. The number of aliphatic hydroxyl groups excluding tert-OH is 1. The molecule has 6 heteroatoms. The normalized spacial score (nSPS) is 17.0. The molecule has 4 rings (SSSR count). The van der Waals surface area contributed by atoms with Crippen LogP contribution < -0.4 is 9.47 Å². The van der Waals surface area contributed by atoms with E-state index in [1.165, 1.54) is 4.90 Å². The van der Waals surface area contributed by atoms with Gasteiger partial charge in [-0.05, 0) is 48.2 Å². The van der Waals surface area contributed by atoms with Crippen molar-refractivity contribution >= 4 is 17.4 Å². The maximum Gasteiger partial charge on any atom is 0.295 e. The number of likely N-dealkylation sites (tertiary alicyclic amines) is 1. The zero-order valence-electron chi connectivity index (χ0n) is 19.9. The topological polar surface area (TPSA) is 76.1 Å². The lowest BCUT2D eigenvalue weighted by Gasteiger charge is -2.25. The number of carbonyl (C=O) groups is 2. The third-order valence-electron chi connectivity index (χ3n) is 6.01. The van der Waals surface area contributed by atoms with Gasteiger partial charge in [0, 0.05) is 12.1 Å². The molecular formula is C29H29NO5. The molecule has 0 aliphatic carbocycles. The van der Waals surface area contributed by atoms with Crippen LogP contribution >= 0.6 is 0 Å². The van der Waals surface area contributed by atoms with Crippen LogP contribution in [0.15, 0.2) is 84.4 Å². The van der Waals surface area contributed by atoms with Crippen LogP contribution in [0.2, 0.25) is 0 Å². The first-order valence-corrected chi connectivity index (χ1v) is 11.7. The lowest BCUT2D eigenvalue weighted by molar-refractivity contribution is -0.139. The van der Waals surface area contributed by atoms with Crippen molar-refractivity contribution in [2.75, 3.05) is 20.3 Å². The maximum absolute atomic E-state index is 13.3. The number of nitrogens with zero attached hydrogens (tertiary/aromatic N) is 1. The van der Waals surface area contributed by atoms with Crippen molar-refractivity contribution in [2.45, 2.75) is 25.8 Å². The Hall–Kier alpha value is -4.06. The van der Waals surface area contributed by atoms with Crippen molar-refractivity contribution in [2.24, 2.45) is 0 Å². The number of rotatable bonds is 9. The highest BCUT2D eigenvalue weighted by Gasteiger charge is 2.46. The smallest absolute Gasteiger partial charge is 0.295 e. The second-order valence-electron chi connectivity index (χ2n) is 8.38. The highest BCUT2D eigenvalue weighted by atomic mass is 16.5. The third kappa shape index (κ3) is 5.22. The zero-order valence-corrected chi connectivity index (χ0v) is 19.9. The van der Waals surface area contributed by atoms with Gasteiger partial charge in [0.25, 0.3) is 11.7 Å². The third-order valence-corrected chi connectivity index (χ3v) is 6.01. The van der Waals surface area contributed by atoms with E-state index in [1.807, 2.05) is 49.4 Å². The number of aliphatic hydroxyl groups is 1. The number of hydrogen-bond acceptors (Lipinski definition) is 5. The Kier molecular flexibility index (Phi) is 7.51. The van der Waals surface area contributed by atoms with E-state index >= 15 is 0 Å². The van der Waals surface area contributed by atoms with Crippen LogP contribution in [0, 0.1) is 0 Å². The Morgan fingerprint density at radius 3 is 2.43 bits per heavy atom. The summed E-state index contributed by atoms with van der Waals surface area (Å²) in [4.78, 5) is 28.0. The van der Waals surface area contributed by atoms with Gasteiger partial charge in [0.15, 0.2) is 0 Å². The fraction of sp³-hybridized carbons (Fsp3) is 0.241. The maximum atomic E-state index is 13.3. The van der Waals surface area contributed by atoms with E-state index in [1.54, 1.807) is 43.5 Å². The molecule has 1 heterocycles. The molecule has 3 aromatic rings. The number of hydrogen-bond donors (Lipinski definition) is 1. The first-order chi connectivity index (χ1) is 17.0. The lowest BCUT2D eigenvalue weighted by Crippen LogP contribution is -2.31. The summed E-state index contributed by atoms with van der Waals surface area (Å²) in [6.07, 6.45) is 1.42. The van der Waals surface area contributed by atoms with E-state index < -0.39 is 17.7 Å². The molecule has 0 saturated carbocycles. The molecule has 3 aromatic carbocycles. The average Bonchev–Trinajstić information content (AvgIpc) is 3.16. The standard InChI is InChI=1S/C29H29NO5/c1-3-17-35-24-14-8-12-22(19-24)27(31)25-26(21-11-7-13-23(18-21)34-2)30(29(33)28(25)32)16-15-20-9-5-4-6-10-20/h4-14,18-19,26,31H,3,15-17H2,1-2H3. The summed E-state index contributed by atoms with van der Waals surface area (Å²) in [6, 6.07) is 23.2. The zero-order chi connectivity index (χ0) is 24.8. The molecule has 6 nitrogen and oxygen atoms in total. The number of amides is 1. The molecule has 1 aliphatic rings. The van der Waals surface area contributed by atoms with Crippen molar-refractivity contribution in [3.63, 3.8) is 0 Å². The van der Waals surface area contributed by atoms with Crippen molar-refractivity contribution in [3.05, 3.63) is 101 Å². The molecule has 1 saturated heterocycles. The number of methoxy groups -OCH3 is 1. The Labute approximate surface area is 205 Å². The molecule has 1 aliphatic heterocycles. The minimum Gasteiger partial charge on any atom is -0.507 e. The molecule has 0 spiro atoms. The van der Waals surface area contributed by atoms with Crippen molar-refractivity contribution < 1.29 is 24.2 Å². The summed E-state index contributed by atoms with van der Waals surface area (Å²) in [5, 5.41) is 11.3. The van der Waals surface area contributed by atoms with E-state index in [4.69, 9.17) is 9.47 Å². The van der Waals surface area contributed by atoms with Gasteiger partial charge >= 0.3 is 0 Å². The molecule has 1 unspecified atom stereocenters. The summed E-state index contributed by atoms with van der Waals surface area (Å²) in [6.45, 7) is 2.87. The van der Waals surface area contributed by atoms with Crippen LogP contribution in [-0.2, 0) is 16.0 Å². The summed E-state index contributed by atoms with van der Waals surface area (Å²) in [5.41, 5.74) is 2.23. The second kappa shape index (κ2) is 10.9. The van der Waals surface area contributed by atoms with Crippen molar-refractivity contribution in [3.8, 4) is 11.5 Å². The van der Waals surface area contributed by atoms with Gasteiger partial charge < -0.3 is 19.5 Å². The highest BCUT2D eigenvalue weighted by molar-refractivity contribution is 6.46. The molecule has 180 valence electrons. The van der Waals surface area contributed by atoms with Gasteiger partial charge in [0.1, 0.15) is 17.3 Å². The quantitative estimate of drug-likeness (QED) is 0.265. The number of benzene rings is 3. The Morgan fingerprint density at radius 1 is 0.943 bits per heavy atom. The summed E-state index contributed by atoms with van der Waals surface area (Å²) in [7, 11) is 1.56. The summed E-state index contributed by atoms with van der Waals surface area (Å²) >= 11 is 0. The van der Waals surface area contributed by atoms with Gasteiger partial charge in [-0.25, -0.2) is 0 Å². The van der Waals surface area contributed by atoms with E-state index in [2.05, 4.69) is 0 Å². The number of Topliss-reactive ketones (excluding diaryl/α,β-unsaturated/α-hetero) is 1. The minimum atomic E-state index is -0.742. The van der Waals surface area contributed by atoms with Crippen molar-refractivity contribution in [1.29, 1.82) is 0 Å². The summed E-state index contributed by atoms with van der Waals surface area (Å²) < 4.78 is 11.1. The van der Waals surface area contributed by atoms with Crippen LogP contribution in [0.25, 0.3) is 5.76 Å². The molecule has 1 atom stereocenters. The predicted molar refractivity (Wildman–Crippen MR) is 134 cm³/mol. The fourth-order valence-electron chi connectivity index (χ4n) is 4.27. The average molecular weight is 472 g/mol. The number of ketones is 1. The van der Waals surface area contributed by atoms with Gasteiger partial charge in [-0.15, -0.1) is 0 Å². The van der Waals surface area contributed by atoms with Crippen LogP contribution in [0.5, 0.6) is 11.5 Å². The fourth-order valence-corrected chi connectivity index (χ4v) is 4.27. The van der Waals surface area contributed by atoms with Gasteiger partial charge in [-0.2, -0.15) is 0 Å². The molecule has 1 N–H and O–H groups in total. The number of carbonyl (C=O) groups excluding carboxylic acids is 2. The Balaban J connectivity index is 1.78. The van der Waals surface area contributed by atoms with E-state index in [9.17, 15) is 14.7 Å². The SMILES string of the molecule is CCCOc1cccc(C(O)=C2C(=O)C(=O)N(CCc3ccccc3)C2c2cccc(OC)c2)c1. The molecule has 1 amide bonds. The Bertz CT molecular complexity index is 1230. The summed E-state index contributed by atoms with van der Waals surface area (Å²) in [5.74, 6) is -0.365. The van der Waals surface area contributed by atoms with Crippen LogP contribution in [0.3, 0.4) is 0 Å². The molecular weight excluding hydrogens is 442 g/mol. The highest BCUT2D eigenvalue weighted by Crippen LogP contribution is 2.40. The van der Waals surface area contributed by atoms with Gasteiger partial charge in [-0.3, -0.25) is 9.59 Å².